The van der Waals surface area contributed by atoms with Crippen molar-refractivity contribution < 1.29 is 13.2 Å². The summed E-state index contributed by atoms with van der Waals surface area (Å²) < 4.78 is 32.8. The summed E-state index contributed by atoms with van der Waals surface area (Å²) in [7, 11) is -3.22. The summed E-state index contributed by atoms with van der Waals surface area (Å²) in [5.41, 5.74) is 0.664. The van der Waals surface area contributed by atoms with Gasteiger partial charge >= 0.3 is 0 Å². The van der Waals surface area contributed by atoms with E-state index in [1.807, 2.05) is 0 Å². The van der Waals surface area contributed by atoms with Gasteiger partial charge in [-0.2, -0.15) is 8.42 Å². The molecule has 0 N–H and O–H groups in total. The molecule has 1 rings (SSSR count). The maximum absolute atomic E-state index is 12.0. The zero-order valence-electron chi connectivity index (χ0n) is 9.71. The lowest BCUT2D eigenvalue weighted by molar-refractivity contribution is 0.426. The van der Waals surface area contributed by atoms with Crippen LogP contribution in [0.3, 0.4) is 0 Å². The standard InChI is InChI=1S/C10H13NO3S3/c1-8-6-4-5-7-9(8)17(12,13)11-16(3)10(15)14-2/h4-7H,1-3H3. The van der Waals surface area contributed by atoms with Crippen LogP contribution in [0.15, 0.2) is 32.9 Å². The van der Waals surface area contributed by atoms with Crippen LogP contribution in [0.2, 0.25) is 0 Å². The van der Waals surface area contributed by atoms with Gasteiger partial charge in [0.1, 0.15) is 0 Å². The van der Waals surface area contributed by atoms with E-state index in [1.54, 1.807) is 31.4 Å². The first-order valence-electron chi connectivity index (χ1n) is 4.66. The van der Waals surface area contributed by atoms with Crippen LogP contribution in [0, 0.1) is 6.92 Å². The topological polar surface area (TPSA) is 55.7 Å². The smallest absolute Gasteiger partial charge is 0.288 e. The number of hydrogen-bond acceptors (Lipinski definition) is 4. The number of thiocarbonyl (C=S) groups is 1. The van der Waals surface area contributed by atoms with Gasteiger partial charge in [0, 0.05) is 6.26 Å². The predicted molar refractivity (Wildman–Crippen MR) is 73.7 cm³/mol. The molecule has 0 saturated heterocycles. The number of hydrogen-bond donors (Lipinski definition) is 0. The van der Waals surface area contributed by atoms with Gasteiger partial charge in [-0.1, -0.05) is 18.2 Å². The van der Waals surface area contributed by atoms with E-state index < -0.39 is 20.7 Å². The third-order valence-corrected chi connectivity index (χ3v) is 6.22. The Bertz CT molecular complexity index is 564. The van der Waals surface area contributed by atoms with Gasteiger partial charge in [0.05, 0.1) is 12.0 Å². The summed E-state index contributed by atoms with van der Waals surface area (Å²) in [4.78, 5) is 0.207. The number of ether oxygens (including phenoxy) is 1. The number of aryl methyl sites for hydroxylation is 1. The zero-order chi connectivity index (χ0) is 13.1. The molecule has 4 nitrogen and oxygen atoms in total. The molecule has 0 heterocycles. The van der Waals surface area contributed by atoms with Gasteiger partial charge in [0.15, 0.2) is 0 Å². The second kappa shape index (κ2) is 5.70. The molecule has 1 atom stereocenters. The summed E-state index contributed by atoms with van der Waals surface area (Å²) in [6.45, 7) is 1.73. The van der Waals surface area contributed by atoms with Crippen molar-refractivity contribution in [1.29, 1.82) is 0 Å². The molecule has 1 aromatic rings. The summed E-state index contributed by atoms with van der Waals surface area (Å²) in [6.07, 6.45) is 1.61. The van der Waals surface area contributed by atoms with Crippen molar-refractivity contribution in [3.8, 4) is 0 Å². The molecule has 1 unspecified atom stereocenters. The van der Waals surface area contributed by atoms with Crippen LogP contribution in [-0.2, 0) is 25.5 Å². The minimum Gasteiger partial charge on any atom is -0.481 e. The third-order valence-electron chi connectivity index (χ3n) is 1.99. The van der Waals surface area contributed by atoms with Crippen molar-refractivity contribution in [2.45, 2.75) is 11.8 Å². The van der Waals surface area contributed by atoms with Crippen LogP contribution in [0.4, 0.5) is 0 Å². The van der Waals surface area contributed by atoms with Gasteiger partial charge < -0.3 is 4.74 Å². The van der Waals surface area contributed by atoms with E-state index in [9.17, 15) is 8.42 Å². The van der Waals surface area contributed by atoms with Gasteiger partial charge in [-0.15, -0.1) is 3.77 Å². The maximum Gasteiger partial charge on any atom is 0.288 e. The number of nitrogens with zero attached hydrogens (tertiary/aromatic N) is 1. The normalized spacial score (nSPS) is 13.4. The number of sulfonamides is 1. The van der Waals surface area contributed by atoms with Crippen molar-refractivity contribution in [3.05, 3.63) is 29.8 Å². The van der Waals surface area contributed by atoms with Crippen molar-refractivity contribution in [3.63, 3.8) is 0 Å². The summed E-state index contributed by atoms with van der Waals surface area (Å²) >= 11 is 4.86. The molecule has 7 heteroatoms. The van der Waals surface area contributed by atoms with E-state index in [2.05, 4.69) is 3.77 Å². The SMILES string of the molecule is COC(=S)S(C)=NS(=O)(=O)c1ccccc1C. The Balaban J connectivity index is 3.23. The highest BCUT2D eigenvalue weighted by atomic mass is 32.3. The minimum atomic E-state index is -3.68. The van der Waals surface area contributed by atoms with Crippen molar-refractivity contribution >= 4 is 37.3 Å². The number of methoxy groups -OCH3 is 1. The average Bonchev–Trinajstić information content (AvgIpc) is 2.27. The first-order valence-corrected chi connectivity index (χ1v) is 8.10. The highest BCUT2D eigenvalue weighted by Crippen LogP contribution is 2.17. The molecule has 0 fully saturated rings. The van der Waals surface area contributed by atoms with Crippen molar-refractivity contribution in [1.82, 2.24) is 0 Å². The molecule has 94 valence electrons. The Morgan fingerprint density at radius 2 is 2.00 bits per heavy atom. The average molecular weight is 291 g/mol. The fraction of sp³-hybridized carbons (Fsp3) is 0.300. The molecule has 0 aromatic heterocycles. The van der Waals surface area contributed by atoms with Crippen LogP contribution in [0.1, 0.15) is 5.56 Å². The Hall–Kier alpha value is -0.790. The monoisotopic (exact) mass is 291 g/mol. The summed E-state index contributed by atoms with van der Waals surface area (Å²) in [5, 5.41) is 0. The lowest BCUT2D eigenvalue weighted by Crippen LogP contribution is -2.08. The van der Waals surface area contributed by atoms with Crippen molar-refractivity contribution in [2.75, 3.05) is 13.4 Å². The van der Waals surface area contributed by atoms with E-state index in [0.717, 1.165) is 0 Å². The Kier molecular flexibility index (Phi) is 4.79. The van der Waals surface area contributed by atoms with Crippen LogP contribution in [-0.4, -0.2) is 26.2 Å². The second-order valence-corrected chi connectivity index (χ2v) is 7.19. The van der Waals surface area contributed by atoms with Gasteiger partial charge in [0.2, 0.25) is 4.38 Å². The first kappa shape index (κ1) is 14.3. The largest absolute Gasteiger partial charge is 0.481 e. The molecule has 1 aromatic carbocycles. The van der Waals surface area contributed by atoms with E-state index in [4.69, 9.17) is 17.0 Å². The Labute approximate surface area is 109 Å². The van der Waals surface area contributed by atoms with Crippen LogP contribution < -0.4 is 0 Å². The van der Waals surface area contributed by atoms with E-state index in [-0.39, 0.29) is 9.28 Å². The third kappa shape index (κ3) is 3.58. The van der Waals surface area contributed by atoms with Gasteiger partial charge in [0.25, 0.3) is 10.0 Å². The van der Waals surface area contributed by atoms with E-state index in [1.165, 1.54) is 13.2 Å². The van der Waals surface area contributed by atoms with Crippen LogP contribution >= 0.6 is 12.2 Å². The molecule has 0 aliphatic carbocycles. The molecule has 0 aliphatic rings. The van der Waals surface area contributed by atoms with E-state index in [0.29, 0.717) is 5.56 Å². The highest BCUT2D eigenvalue weighted by molar-refractivity contribution is 8.16. The molecule has 17 heavy (non-hydrogen) atoms. The Morgan fingerprint density at radius 3 is 2.53 bits per heavy atom. The number of rotatable bonds is 2. The first-order chi connectivity index (χ1) is 7.88. The predicted octanol–water partition coefficient (Wildman–Crippen LogP) is 2.05. The highest BCUT2D eigenvalue weighted by Gasteiger charge is 2.16. The molecule has 0 radical (unpaired) electrons. The lowest BCUT2D eigenvalue weighted by atomic mass is 10.2. The van der Waals surface area contributed by atoms with Gasteiger partial charge in [-0.3, -0.25) is 0 Å². The van der Waals surface area contributed by atoms with E-state index >= 15 is 0 Å². The fourth-order valence-electron chi connectivity index (χ4n) is 1.18. The number of benzene rings is 1. The zero-order valence-corrected chi connectivity index (χ0v) is 12.2. The summed E-state index contributed by atoms with van der Waals surface area (Å²) in [5.74, 6) is 0. The molecule has 0 amide bonds. The Morgan fingerprint density at radius 1 is 1.41 bits per heavy atom. The molecule has 0 saturated carbocycles. The quantitative estimate of drug-likeness (QED) is 0.783. The lowest BCUT2D eigenvalue weighted by Gasteiger charge is -2.05. The van der Waals surface area contributed by atoms with Crippen LogP contribution in [0.25, 0.3) is 0 Å². The maximum atomic E-state index is 12.0. The van der Waals surface area contributed by atoms with Gasteiger partial charge in [-0.05, 0) is 41.5 Å². The van der Waals surface area contributed by atoms with Gasteiger partial charge in [-0.25, -0.2) is 0 Å². The molecule has 0 bridgehead atoms. The minimum absolute atomic E-state index is 0.183. The second-order valence-electron chi connectivity index (χ2n) is 3.25. The summed E-state index contributed by atoms with van der Waals surface area (Å²) in [6, 6.07) is 6.70. The van der Waals surface area contributed by atoms with Crippen molar-refractivity contribution in [2.24, 2.45) is 3.77 Å². The fourth-order valence-corrected chi connectivity index (χ4v) is 4.17. The van der Waals surface area contributed by atoms with Crippen LogP contribution in [0.5, 0.6) is 0 Å². The molecular formula is C10H13NO3S3. The molecule has 0 spiro atoms. The molecular weight excluding hydrogens is 278 g/mol. The molecule has 0 aliphatic heterocycles.